The van der Waals surface area contributed by atoms with Crippen molar-refractivity contribution in [2.75, 3.05) is 19.3 Å². The highest BCUT2D eigenvalue weighted by atomic mass is 32.2. The highest BCUT2D eigenvalue weighted by Gasteiger charge is 2.29. The quantitative estimate of drug-likeness (QED) is 0.819. The number of carboxylic acid groups (broad SMARTS) is 1. The SMILES string of the molecule is CSc1ccc(C)c(C(=O)N(CC(=O)O)CC2CC2)c1. The maximum Gasteiger partial charge on any atom is 0.323 e. The van der Waals surface area contributed by atoms with Crippen molar-refractivity contribution < 1.29 is 14.7 Å². The third-order valence-corrected chi connectivity index (χ3v) is 4.19. The van der Waals surface area contributed by atoms with Gasteiger partial charge in [-0.15, -0.1) is 11.8 Å². The van der Waals surface area contributed by atoms with E-state index < -0.39 is 5.97 Å². The molecule has 0 atom stereocenters. The number of hydrogen-bond donors (Lipinski definition) is 1. The third-order valence-electron chi connectivity index (χ3n) is 3.46. The molecule has 2 rings (SSSR count). The summed E-state index contributed by atoms with van der Waals surface area (Å²) in [6.07, 6.45) is 4.14. The van der Waals surface area contributed by atoms with Crippen LogP contribution in [-0.2, 0) is 4.79 Å². The molecule has 0 bridgehead atoms. The zero-order chi connectivity index (χ0) is 14.7. The maximum atomic E-state index is 12.6. The summed E-state index contributed by atoms with van der Waals surface area (Å²) in [4.78, 5) is 26.0. The second-order valence-electron chi connectivity index (χ2n) is 5.20. The summed E-state index contributed by atoms with van der Waals surface area (Å²) in [6, 6.07) is 5.73. The van der Waals surface area contributed by atoms with E-state index in [2.05, 4.69) is 0 Å². The third kappa shape index (κ3) is 3.76. The number of aryl methyl sites for hydroxylation is 1. The number of benzene rings is 1. The molecule has 5 heteroatoms. The van der Waals surface area contributed by atoms with Crippen LogP contribution >= 0.6 is 11.8 Å². The fourth-order valence-corrected chi connectivity index (χ4v) is 2.56. The number of nitrogens with zero attached hydrogens (tertiary/aromatic N) is 1. The van der Waals surface area contributed by atoms with Crippen LogP contribution in [0.5, 0.6) is 0 Å². The van der Waals surface area contributed by atoms with Crippen molar-refractivity contribution in [1.29, 1.82) is 0 Å². The van der Waals surface area contributed by atoms with Crippen LogP contribution in [0.3, 0.4) is 0 Å². The van der Waals surface area contributed by atoms with E-state index in [0.29, 0.717) is 18.0 Å². The molecule has 0 saturated heterocycles. The van der Waals surface area contributed by atoms with Crippen molar-refractivity contribution in [2.45, 2.75) is 24.7 Å². The van der Waals surface area contributed by atoms with E-state index in [1.165, 1.54) is 4.90 Å². The van der Waals surface area contributed by atoms with Crippen LogP contribution < -0.4 is 0 Å². The average molecular weight is 293 g/mol. The summed E-state index contributed by atoms with van der Waals surface area (Å²) >= 11 is 1.57. The van der Waals surface area contributed by atoms with E-state index in [0.717, 1.165) is 23.3 Å². The molecule has 1 aliphatic carbocycles. The molecule has 1 N–H and O–H groups in total. The number of aliphatic carboxylic acids is 1. The first-order valence-corrected chi connectivity index (χ1v) is 7.89. The van der Waals surface area contributed by atoms with Crippen molar-refractivity contribution in [1.82, 2.24) is 4.90 Å². The molecule has 108 valence electrons. The Kier molecular flexibility index (Phi) is 4.70. The van der Waals surface area contributed by atoms with Gasteiger partial charge in [0.25, 0.3) is 5.91 Å². The molecule has 0 unspecified atom stereocenters. The Labute approximate surface area is 123 Å². The first kappa shape index (κ1) is 14.9. The number of rotatable bonds is 6. The molecule has 0 aromatic heterocycles. The Morgan fingerprint density at radius 1 is 1.40 bits per heavy atom. The number of carbonyl (C=O) groups excluding carboxylic acids is 1. The molecule has 0 heterocycles. The molecule has 1 aromatic rings. The number of carbonyl (C=O) groups is 2. The van der Waals surface area contributed by atoms with E-state index >= 15 is 0 Å². The molecule has 1 aliphatic rings. The van der Waals surface area contributed by atoms with Gasteiger partial charge in [-0.1, -0.05) is 6.07 Å². The van der Waals surface area contributed by atoms with Gasteiger partial charge in [0, 0.05) is 17.0 Å². The normalized spacial score (nSPS) is 14.1. The number of hydrogen-bond acceptors (Lipinski definition) is 3. The standard InChI is InChI=1S/C15H19NO3S/c1-10-3-6-12(20-2)7-13(10)15(19)16(9-14(17)18)8-11-4-5-11/h3,6-7,11H,4-5,8-9H2,1-2H3,(H,17,18). The lowest BCUT2D eigenvalue weighted by atomic mass is 10.1. The first-order chi connectivity index (χ1) is 9.51. The van der Waals surface area contributed by atoms with Crippen LogP contribution in [0.2, 0.25) is 0 Å². The first-order valence-electron chi connectivity index (χ1n) is 6.67. The summed E-state index contributed by atoms with van der Waals surface area (Å²) in [6.45, 7) is 2.21. The zero-order valence-electron chi connectivity index (χ0n) is 11.8. The monoisotopic (exact) mass is 293 g/mol. The lowest BCUT2D eigenvalue weighted by Gasteiger charge is -2.21. The number of thioether (sulfide) groups is 1. The smallest absolute Gasteiger partial charge is 0.323 e. The van der Waals surface area contributed by atoms with Crippen LogP contribution in [0.4, 0.5) is 0 Å². The van der Waals surface area contributed by atoms with Crippen molar-refractivity contribution >= 4 is 23.6 Å². The van der Waals surface area contributed by atoms with Gasteiger partial charge < -0.3 is 10.0 Å². The Morgan fingerprint density at radius 2 is 2.10 bits per heavy atom. The van der Waals surface area contributed by atoms with E-state index in [1.807, 2.05) is 31.4 Å². The second kappa shape index (κ2) is 6.31. The molecule has 0 radical (unpaired) electrons. The molecular formula is C15H19NO3S. The summed E-state index contributed by atoms with van der Waals surface area (Å²) in [5, 5.41) is 8.99. The molecular weight excluding hydrogens is 274 g/mol. The Bertz CT molecular complexity index is 526. The Balaban J connectivity index is 2.22. The van der Waals surface area contributed by atoms with Gasteiger partial charge in [-0.2, -0.15) is 0 Å². The molecule has 1 aromatic carbocycles. The molecule has 1 saturated carbocycles. The highest BCUT2D eigenvalue weighted by molar-refractivity contribution is 7.98. The Hall–Kier alpha value is -1.49. The maximum absolute atomic E-state index is 12.6. The minimum atomic E-state index is -0.960. The van der Waals surface area contributed by atoms with E-state index in [1.54, 1.807) is 11.8 Å². The van der Waals surface area contributed by atoms with Gasteiger partial charge in [0.15, 0.2) is 0 Å². The highest BCUT2D eigenvalue weighted by Crippen LogP contribution is 2.30. The minimum Gasteiger partial charge on any atom is -0.480 e. The predicted molar refractivity (Wildman–Crippen MR) is 79.2 cm³/mol. The minimum absolute atomic E-state index is 0.173. The van der Waals surface area contributed by atoms with Gasteiger partial charge in [0.2, 0.25) is 0 Å². The molecule has 20 heavy (non-hydrogen) atoms. The molecule has 1 amide bonds. The van der Waals surface area contributed by atoms with Crippen LogP contribution in [0.15, 0.2) is 23.1 Å². The summed E-state index contributed by atoms with van der Waals surface area (Å²) in [7, 11) is 0. The molecule has 0 spiro atoms. The van der Waals surface area contributed by atoms with Crippen molar-refractivity contribution in [2.24, 2.45) is 5.92 Å². The van der Waals surface area contributed by atoms with Gasteiger partial charge in [0.1, 0.15) is 6.54 Å². The average Bonchev–Trinajstić information content (AvgIpc) is 3.21. The fourth-order valence-electron chi connectivity index (χ4n) is 2.12. The van der Waals surface area contributed by atoms with E-state index in [9.17, 15) is 9.59 Å². The van der Waals surface area contributed by atoms with Crippen molar-refractivity contribution in [3.8, 4) is 0 Å². The lowest BCUT2D eigenvalue weighted by Crippen LogP contribution is -2.37. The fraction of sp³-hybridized carbons (Fsp3) is 0.467. The number of carboxylic acids is 1. The van der Waals surface area contributed by atoms with Gasteiger partial charge in [-0.25, -0.2) is 0 Å². The lowest BCUT2D eigenvalue weighted by molar-refractivity contribution is -0.137. The van der Waals surface area contributed by atoms with Crippen molar-refractivity contribution in [3.05, 3.63) is 29.3 Å². The zero-order valence-corrected chi connectivity index (χ0v) is 12.6. The van der Waals surface area contributed by atoms with Crippen LogP contribution in [0.1, 0.15) is 28.8 Å². The molecule has 4 nitrogen and oxygen atoms in total. The van der Waals surface area contributed by atoms with Gasteiger partial charge in [-0.05, 0) is 49.6 Å². The van der Waals surface area contributed by atoms with Crippen molar-refractivity contribution in [3.63, 3.8) is 0 Å². The van der Waals surface area contributed by atoms with Gasteiger partial charge >= 0.3 is 5.97 Å². The van der Waals surface area contributed by atoms with E-state index in [4.69, 9.17) is 5.11 Å². The van der Waals surface area contributed by atoms with Gasteiger partial charge in [-0.3, -0.25) is 9.59 Å². The second-order valence-corrected chi connectivity index (χ2v) is 6.08. The largest absolute Gasteiger partial charge is 0.480 e. The van der Waals surface area contributed by atoms with Crippen LogP contribution in [0.25, 0.3) is 0 Å². The van der Waals surface area contributed by atoms with Gasteiger partial charge in [0.05, 0.1) is 0 Å². The molecule has 1 fully saturated rings. The summed E-state index contributed by atoms with van der Waals surface area (Å²) < 4.78 is 0. The summed E-state index contributed by atoms with van der Waals surface area (Å²) in [5.41, 5.74) is 1.50. The van der Waals surface area contributed by atoms with Crippen LogP contribution in [0, 0.1) is 12.8 Å². The summed E-state index contributed by atoms with van der Waals surface area (Å²) in [5.74, 6) is -0.660. The molecule has 0 aliphatic heterocycles. The number of amides is 1. The predicted octanol–water partition coefficient (Wildman–Crippen LogP) is 2.65. The topological polar surface area (TPSA) is 57.6 Å². The Morgan fingerprint density at radius 3 is 2.65 bits per heavy atom. The van der Waals surface area contributed by atoms with E-state index in [-0.39, 0.29) is 12.5 Å². The van der Waals surface area contributed by atoms with Crippen LogP contribution in [-0.4, -0.2) is 41.2 Å².